The van der Waals surface area contributed by atoms with Gasteiger partial charge in [0.2, 0.25) is 10.0 Å². The summed E-state index contributed by atoms with van der Waals surface area (Å²) in [5.41, 5.74) is 0.594. The Bertz CT molecular complexity index is 524. The van der Waals surface area contributed by atoms with Gasteiger partial charge in [-0.25, -0.2) is 8.42 Å². The maximum atomic E-state index is 12.2. The minimum atomic E-state index is -3.76. The quantitative estimate of drug-likeness (QED) is 0.876. The first kappa shape index (κ1) is 13.7. The second kappa shape index (κ2) is 4.85. The molecule has 6 heteroatoms. The smallest absolute Gasteiger partial charge is 0.321 e. The van der Waals surface area contributed by atoms with Gasteiger partial charge in [-0.15, -0.1) is 0 Å². The zero-order valence-corrected chi connectivity index (χ0v) is 10.7. The van der Waals surface area contributed by atoms with Gasteiger partial charge in [-0.1, -0.05) is 18.2 Å². The highest BCUT2D eigenvalue weighted by Crippen LogP contribution is 2.19. The molecule has 94 valence electrons. The van der Waals surface area contributed by atoms with E-state index < -0.39 is 22.0 Å². The number of carboxylic acids is 1. The third-order valence-corrected chi connectivity index (χ3v) is 4.74. The fourth-order valence-electron chi connectivity index (χ4n) is 1.36. The fourth-order valence-corrected chi connectivity index (χ4v) is 2.91. The first-order valence-corrected chi connectivity index (χ1v) is 6.49. The van der Waals surface area contributed by atoms with E-state index in [4.69, 9.17) is 5.11 Å². The highest BCUT2D eigenvalue weighted by molar-refractivity contribution is 7.89. The molecule has 0 aliphatic carbocycles. The van der Waals surface area contributed by atoms with Gasteiger partial charge in [0.05, 0.1) is 4.90 Å². The third-order valence-electron chi connectivity index (χ3n) is 2.65. The van der Waals surface area contributed by atoms with Crippen LogP contribution in [0.15, 0.2) is 29.2 Å². The number of likely N-dealkylation sites (N-methyl/N-ethyl adjacent to an activating group) is 1. The predicted octanol–water partition coefficient (Wildman–Crippen LogP) is 1.09. The SMILES string of the molecule is Cc1ccccc1S(=O)(=O)N(C)C(C)C(=O)O. The molecule has 5 nitrogen and oxygen atoms in total. The van der Waals surface area contributed by atoms with Gasteiger partial charge in [0, 0.05) is 7.05 Å². The Hall–Kier alpha value is -1.40. The summed E-state index contributed by atoms with van der Waals surface area (Å²) in [6.45, 7) is 3.00. The van der Waals surface area contributed by atoms with E-state index in [1.165, 1.54) is 20.0 Å². The van der Waals surface area contributed by atoms with E-state index in [0.717, 1.165) is 4.31 Å². The van der Waals surface area contributed by atoms with Crippen molar-refractivity contribution in [2.24, 2.45) is 0 Å². The number of carboxylic acid groups (broad SMARTS) is 1. The number of rotatable bonds is 4. The lowest BCUT2D eigenvalue weighted by Gasteiger charge is -2.21. The largest absolute Gasteiger partial charge is 0.480 e. The van der Waals surface area contributed by atoms with Crippen molar-refractivity contribution in [2.75, 3.05) is 7.05 Å². The van der Waals surface area contributed by atoms with E-state index in [2.05, 4.69) is 0 Å². The molecule has 0 aliphatic rings. The molecular weight excluding hydrogens is 242 g/mol. The van der Waals surface area contributed by atoms with Gasteiger partial charge in [0.1, 0.15) is 6.04 Å². The van der Waals surface area contributed by atoms with Gasteiger partial charge in [0.25, 0.3) is 0 Å². The number of hydrogen-bond donors (Lipinski definition) is 1. The summed E-state index contributed by atoms with van der Waals surface area (Å²) in [6.07, 6.45) is 0. The molecule has 0 radical (unpaired) electrons. The van der Waals surface area contributed by atoms with Crippen molar-refractivity contribution in [2.45, 2.75) is 24.8 Å². The van der Waals surface area contributed by atoms with E-state index in [-0.39, 0.29) is 4.90 Å². The van der Waals surface area contributed by atoms with Gasteiger partial charge in [-0.2, -0.15) is 4.31 Å². The van der Waals surface area contributed by atoms with Crippen molar-refractivity contribution in [3.05, 3.63) is 29.8 Å². The lowest BCUT2D eigenvalue weighted by atomic mass is 10.2. The molecule has 1 aromatic rings. The summed E-state index contributed by atoms with van der Waals surface area (Å²) in [7, 11) is -2.50. The van der Waals surface area contributed by atoms with Crippen LogP contribution >= 0.6 is 0 Å². The molecule has 1 N–H and O–H groups in total. The van der Waals surface area contributed by atoms with Gasteiger partial charge in [-0.05, 0) is 25.5 Å². The maximum absolute atomic E-state index is 12.2. The molecular formula is C11H15NO4S. The lowest BCUT2D eigenvalue weighted by molar-refractivity contribution is -0.140. The van der Waals surface area contributed by atoms with Crippen LogP contribution in [0.4, 0.5) is 0 Å². The van der Waals surface area contributed by atoms with Crippen LogP contribution in [0.1, 0.15) is 12.5 Å². The lowest BCUT2D eigenvalue weighted by Crippen LogP contribution is -2.40. The topological polar surface area (TPSA) is 74.7 Å². The zero-order chi connectivity index (χ0) is 13.2. The van der Waals surface area contributed by atoms with E-state index in [0.29, 0.717) is 5.56 Å². The van der Waals surface area contributed by atoms with Crippen molar-refractivity contribution >= 4 is 16.0 Å². The van der Waals surface area contributed by atoms with Crippen molar-refractivity contribution in [3.63, 3.8) is 0 Å². The van der Waals surface area contributed by atoms with Crippen LogP contribution in [0.5, 0.6) is 0 Å². The molecule has 0 spiro atoms. The fraction of sp³-hybridized carbons (Fsp3) is 0.364. The molecule has 1 unspecified atom stereocenters. The summed E-state index contributed by atoms with van der Waals surface area (Å²) >= 11 is 0. The summed E-state index contributed by atoms with van der Waals surface area (Å²) in [5, 5.41) is 8.83. The van der Waals surface area contributed by atoms with E-state index >= 15 is 0 Å². The van der Waals surface area contributed by atoms with Crippen LogP contribution < -0.4 is 0 Å². The van der Waals surface area contributed by atoms with Gasteiger partial charge in [0.15, 0.2) is 0 Å². The van der Waals surface area contributed by atoms with Crippen LogP contribution in [0.25, 0.3) is 0 Å². The Morgan fingerprint density at radius 3 is 2.35 bits per heavy atom. The molecule has 0 saturated carbocycles. The summed E-state index contributed by atoms with van der Waals surface area (Å²) in [6, 6.07) is 5.38. The first-order valence-electron chi connectivity index (χ1n) is 5.05. The minimum Gasteiger partial charge on any atom is -0.480 e. The number of aliphatic carboxylic acids is 1. The molecule has 0 amide bonds. The first-order chi connectivity index (χ1) is 7.78. The molecule has 0 aromatic heterocycles. The number of sulfonamides is 1. The maximum Gasteiger partial charge on any atom is 0.321 e. The second-order valence-electron chi connectivity index (χ2n) is 3.80. The minimum absolute atomic E-state index is 0.135. The number of nitrogens with zero attached hydrogens (tertiary/aromatic N) is 1. The van der Waals surface area contributed by atoms with E-state index in [1.54, 1.807) is 25.1 Å². The molecule has 0 saturated heterocycles. The van der Waals surface area contributed by atoms with Gasteiger partial charge in [-0.3, -0.25) is 4.79 Å². The monoisotopic (exact) mass is 257 g/mol. The summed E-state index contributed by atoms with van der Waals surface area (Å²) < 4.78 is 25.2. The number of hydrogen-bond acceptors (Lipinski definition) is 3. The molecule has 0 heterocycles. The Morgan fingerprint density at radius 2 is 1.88 bits per heavy atom. The highest BCUT2D eigenvalue weighted by Gasteiger charge is 2.30. The van der Waals surface area contributed by atoms with Crippen LogP contribution in [-0.4, -0.2) is 36.9 Å². The molecule has 1 atom stereocenters. The van der Waals surface area contributed by atoms with Crippen molar-refractivity contribution < 1.29 is 18.3 Å². The average molecular weight is 257 g/mol. The van der Waals surface area contributed by atoms with Gasteiger partial charge < -0.3 is 5.11 Å². The summed E-state index contributed by atoms with van der Waals surface area (Å²) in [5.74, 6) is -1.18. The molecule has 0 fully saturated rings. The second-order valence-corrected chi connectivity index (χ2v) is 5.77. The van der Waals surface area contributed by atoms with Crippen LogP contribution in [0.3, 0.4) is 0 Å². The van der Waals surface area contributed by atoms with Crippen molar-refractivity contribution in [1.82, 2.24) is 4.31 Å². The van der Waals surface area contributed by atoms with Gasteiger partial charge >= 0.3 is 5.97 Å². The number of carbonyl (C=O) groups is 1. The Labute approximate surface area is 101 Å². The Morgan fingerprint density at radius 1 is 1.35 bits per heavy atom. The predicted molar refractivity (Wildman–Crippen MR) is 63.2 cm³/mol. The Balaban J connectivity index is 3.21. The van der Waals surface area contributed by atoms with Crippen LogP contribution in [0, 0.1) is 6.92 Å². The summed E-state index contributed by atoms with van der Waals surface area (Å²) in [4.78, 5) is 10.9. The van der Waals surface area contributed by atoms with E-state index in [9.17, 15) is 13.2 Å². The van der Waals surface area contributed by atoms with Crippen LogP contribution in [-0.2, 0) is 14.8 Å². The zero-order valence-electron chi connectivity index (χ0n) is 9.91. The average Bonchev–Trinajstić information content (AvgIpc) is 2.27. The normalized spacial score (nSPS) is 13.6. The molecule has 1 rings (SSSR count). The number of aryl methyl sites for hydroxylation is 1. The standard InChI is InChI=1S/C11H15NO4S/c1-8-6-4-5-7-10(8)17(15,16)12(3)9(2)11(13)14/h4-7,9H,1-3H3,(H,13,14). The molecule has 17 heavy (non-hydrogen) atoms. The Kier molecular flexibility index (Phi) is 3.90. The van der Waals surface area contributed by atoms with Crippen molar-refractivity contribution in [1.29, 1.82) is 0 Å². The molecule has 1 aromatic carbocycles. The highest BCUT2D eigenvalue weighted by atomic mass is 32.2. The van der Waals surface area contributed by atoms with Crippen molar-refractivity contribution in [3.8, 4) is 0 Å². The third kappa shape index (κ3) is 2.65. The van der Waals surface area contributed by atoms with Crippen LogP contribution in [0.2, 0.25) is 0 Å². The molecule has 0 bridgehead atoms. The molecule has 0 aliphatic heterocycles. The van der Waals surface area contributed by atoms with E-state index in [1.807, 2.05) is 0 Å². The number of benzene rings is 1.